The van der Waals surface area contributed by atoms with E-state index in [0.29, 0.717) is 12.4 Å². The van der Waals surface area contributed by atoms with Crippen molar-refractivity contribution in [1.29, 1.82) is 0 Å². The summed E-state index contributed by atoms with van der Waals surface area (Å²) >= 11 is 0. The van der Waals surface area contributed by atoms with Crippen LogP contribution in [0.1, 0.15) is 36.6 Å². The first-order valence-electron chi connectivity index (χ1n) is 8.28. The van der Waals surface area contributed by atoms with Gasteiger partial charge < -0.3 is 15.2 Å². The van der Waals surface area contributed by atoms with Crippen molar-refractivity contribution in [2.75, 3.05) is 19.0 Å². The van der Waals surface area contributed by atoms with Gasteiger partial charge >= 0.3 is 0 Å². The fourth-order valence-corrected chi connectivity index (χ4v) is 3.12. The number of methoxy groups -OCH3 is 1. The average molecular weight is 340 g/mol. The quantitative estimate of drug-likeness (QED) is 0.721. The number of hydrogen-bond acceptors (Lipinski definition) is 5. The topological polar surface area (TPSA) is 71.7 Å². The fraction of sp³-hybridized carbons (Fsp3) is 0.368. The van der Waals surface area contributed by atoms with Crippen LogP contribution < -0.4 is 5.32 Å². The normalized spacial score (nSPS) is 13.2. The standard InChI is InChI=1S/C19H24N4O2/c1-13-15(19(2,3)24)10-23-17(13)18(20-12-21-23)22-16(11-25-4)14-8-6-5-7-9-14/h5-10,12,16,24H,11H2,1-4H3,(H,20,21,22)/t16-/m1/s1. The lowest BCUT2D eigenvalue weighted by Gasteiger charge is -2.20. The molecule has 3 rings (SSSR count). The molecular formula is C19H24N4O2. The van der Waals surface area contributed by atoms with E-state index in [2.05, 4.69) is 27.5 Å². The molecule has 3 aromatic rings. The molecular weight excluding hydrogens is 316 g/mol. The van der Waals surface area contributed by atoms with E-state index in [-0.39, 0.29) is 6.04 Å². The molecule has 0 radical (unpaired) electrons. The van der Waals surface area contributed by atoms with Gasteiger partial charge in [-0.2, -0.15) is 5.10 Å². The summed E-state index contributed by atoms with van der Waals surface area (Å²) < 4.78 is 7.14. The first-order valence-corrected chi connectivity index (χ1v) is 8.28. The molecule has 6 heteroatoms. The third kappa shape index (κ3) is 3.50. The molecule has 25 heavy (non-hydrogen) atoms. The van der Waals surface area contributed by atoms with Crippen molar-refractivity contribution in [3.63, 3.8) is 0 Å². The van der Waals surface area contributed by atoms with E-state index in [1.54, 1.807) is 25.5 Å². The lowest BCUT2D eigenvalue weighted by atomic mass is 9.97. The molecule has 1 aromatic carbocycles. The highest BCUT2D eigenvalue weighted by atomic mass is 16.5. The van der Waals surface area contributed by atoms with Crippen molar-refractivity contribution in [2.24, 2.45) is 0 Å². The highest BCUT2D eigenvalue weighted by molar-refractivity contribution is 5.74. The highest BCUT2D eigenvalue weighted by Gasteiger charge is 2.24. The van der Waals surface area contributed by atoms with E-state index in [0.717, 1.165) is 22.2 Å². The molecule has 0 unspecified atom stereocenters. The van der Waals surface area contributed by atoms with E-state index < -0.39 is 5.60 Å². The van der Waals surface area contributed by atoms with Crippen LogP contribution >= 0.6 is 0 Å². The van der Waals surface area contributed by atoms with Crippen molar-refractivity contribution < 1.29 is 9.84 Å². The number of anilines is 1. The molecule has 0 aliphatic heterocycles. The second-order valence-electron chi connectivity index (χ2n) is 6.69. The third-order valence-electron chi connectivity index (χ3n) is 4.33. The predicted octanol–water partition coefficient (Wildman–Crippen LogP) is 3.06. The van der Waals surface area contributed by atoms with E-state index in [1.165, 1.54) is 6.33 Å². The molecule has 0 saturated carbocycles. The Labute approximate surface area is 147 Å². The Bertz CT molecular complexity index is 853. The summed E-state index contributed by atoms with van der Waals surface area (Å²) in [6.07, 6.45) is 3.36. The van der Waals surface area contributed by atoms with E-state index in [4.69, 9.17) is 4.74 Å². The maximum absolute atomic E-state index is 10.4. The summed E-state index contributed by atoms with van der Waals surface area (Å²) in [5.41, 5.74) is 2.82. The number of fused-ring (bicyclic) bond motifs is 1. The smallest absolute Gasteiger partial charge is 0.154 e. The largest absolute Gasteiger partial charge is 0.386 e. The monoisotopic (exact) mass is 340 g/mol. The van der Waals surface area contributed by atoms with Gasteiger partial charge in [-0.3, -0.25) is 0 Å². The Morgan fingerprint density at radius 3 is 2.64 bits per heavy atom. The summed E-state index contributed by atoms with van der Waals surface area (Å²) in [6, 6.07) is 10.1. The summed E-state index contributed by atoms with van der Waals surface area (Å²) in [5.74, 6) is 0.717. The van der Waals surface area contributed by atoms with Gasteiger partial charge in [-0.1, -0.05) is 30.3 Å². The summed E-state index contributed by atoms with van der Waals surface area (Å²) in [5, 5.41) is 18.2. The van der Waals surface area contributed by atoms with Gasteiger partial charge in [-0.25, -0.2) is 9.50 Å². The molecule has 6 nitrogen and oxygen atoms in total. The van der Waals surface area contributed by atoms with E-state index in [1.807, 2.05) is 31.3 Å². The van der Waals surface area contributed by atoms with Crippen LogP contribution in [0.4, 0.5) is 5.82 Å². The van der Waals surface area contributed by atoms with Crippen molar-refractivity contribution in [3.8, 4) is 0 Å². The van der Waals surface area contributed by atoms with Gasteiger partial charge in [0.2, 0.25) is 0 Å². The maximum Gasteiger partial charge on any atom is 0.154 e. The van der Waals surface area contributed by atoms with Crippen LogP contribution in [0.3, 0.4) is 0 Å². The zero-order chi connectivity index (χ0) is 18.0. The number of benzene rings is 1. The SMILES string of the molecule is COC[C@@H](Nc1ncnn2cc(C(C)(C)O)c(C)c12)c1ccccc1. The molecule has 0 spiro atoms. The van der Waals surface area contributed by atoms with Crippen molar-refractivity contribution in [3.05, 3.63) is 59.5 Å². The molecule has 0 bridgehead atoms. The zero-order valence-electron chi connectivity index (χ0n) is 15.0. The van der Waals surface area contributed by atoms with Gasteiger partial charge in [0.05, 0.1) is 18.2 Å². The Hall–Kier alpha value is -2.44. The van der Waals surface area contributed by atoms with Gasteiger partial charge in [-0.15, -0.1) is 0 Å². The molecule has 0 aliphatic rings. The molecule has 0 saturated heterocycles. The average Bonchev–Trinajstić information content (AvgIpc) is 2.93. The molecule has 0 amide bonds. The van der Waals surface area contributed by atoms with Crippen LogP contribution in [0.2, 0.25) is 0 Å². The Morgan fingerprint density at radius 1 is 1.28 bits per heavy atom. The molecule has 132 valence electrons. The Balaban J connectivity index is 2.04. The lowest BCUT2D eigenvalue weighted by molar-refractivity contribution is 0.0780. The number of nitrogens with one attached hydrogen (secondary N) is 1. The van der Waals surface area contributed by atoms with Crippen molar-refractivity contribution in [1.82, 2.24) is 14.6 Å². The molecule has 2 aromatic heterocycles. The fourth-order valence-electron chi connectivity index (χ4n) is 3.12. The van der Waals surface area contributed by atoms with E-state index in [9.17, 15) is 5.11 Å². The number of aromatic nitrogens is 3. The second kappa shape index (κ2) is 6.82. The molecule has 1 atom stereocenters. The van der Waals surface area contributed by atoms with Crippen LogP contribution in [0, 0.1) is 6.92 Å². The van der Waals surface area contributed by atoms with Crippen LogP contribution in [-0.2, 0) is 10.3 Å². The first kappa shape index (κ1) is 17.4. The maximum atomic E-state index is 10.4. The molecule has 2 heterocycles. The molecule has 0 aliphatic carbocycles. The third-order valence-corrected chi connectivity index (χ3v) is 4.33. The summed E-state index contributed by atoms with van der Waals surface area (Å²) in [6.45, 7) is 6.03. The first-order chi connectivity index (χ1) is 11.9. The molecule has 2 N–H and O–H groups in total. The van der Waals surface area contributed by atoms with Gasteiger partial charge in [0.1, 0.15) is 11.8 Å². The zero-order valence-corrected chi connectivity index (χ0v) is 15.0. The van der Waals surface area contributed by atoms with Gasteiger partial charge in [0, 0.05) is 18.9 Å². The summed E-state index contributed by atoms with van der Waals surface area (Å²) in [4.78, 5) is 4.43. The number of nitrogens with zero attached hydrogens (tertiary/aromatic N) is 3. The van der Waals surface area contributed by atoms with Crippen molar-refractivity contribution in [2.45, 2.75) is 32.4 Å². The Morgan fingerprint density at radius 2 is 2.00 bits per heavy atom. The van der Waals surface area contributed by atoms with E-state index >= 15 is 0 Å². The van der Waals surface area contributed by atoms with Gasteiger partial charge in [0.15, 0.2) is 5.82 Å². The van der Waals surface area contributed by atoms with Crippen LogP contribution in [0.25, 0.3) is 5.52 Å². The minimum Gasteiger partial charge on any atom is -0.386 e. The Kier molecular flexibility index (Phi) is 4.74. The van der Waals surface area contributed by atoms with Crippen LogP contribution in [0.5, 0.6) is 0 Å². The van der Waals surface area contributed by atoms with Gasteiger partial charge in [0.25, 0.3) is 0 Å². The van der Waals surface area contributed by atoms with Crippen LogP contribution in [0.15, 0.2) is 42.9 Å². The highest BCUT2D eigenvalue weighted by Crippen LogP contribution is 2.31. The number of hydrogen-bond donors (Lipinski definition) is 2. The molecule has 0 fully saturated rings. The van der Waals surface area contributed by atoms with Crippen molar-refractivity contribution >= 4 is 11.3 Å². The number of aryl methyl sites for hydroxylation is 1. The number of aliphatic hydroxyl groups is 1. The number of rotatable bonds is 6. The second-order valence-corrected chi connectivity index (χ2v) is 6.69. The van der Waals surface area contributed by atoms with Crippen LogP contribution in [-0.4, -0.2) is 33.4 Å². The minimum atomic E-state index is -0.944. The predicted molar refractivity (Wildman–Crippen MR) is 97.7 cm³/mol. The minimum absolute atomic E-state index is 0.0372. The van der Waals surface area contributed by atoms with Gasteiger partial charge in [-0.05, 0) is 31.9 Å². The summed E-state index contributed by atoms with van der Waals surface area (Å²) in [7, 11) is 1.68. The lowest BCUT2D eigenvalue weighted by Crippen LogP contribution is -2.18. The number of ether oxygens (including phenoxy) is 1.